The van der Waals surface area contributed by atoms with Crippen LogP contribution in [0.15, 0.2) is 34.7 Å². The molecule has 0 amide bonds. The number of hydrogen-bond acceptors (Lipinski definition) is 2. The quantitative estimate of drug-likeness (QED) is 0.888. The predicted molar refractivity (Wildman–Crippen MR) is 71.2 cm³/mol. The van der Waals surface area contributed by atoms with Crippen LogP contribution in [0.4, 0.5) is 4.39 Å². The van der Waals surface area contributed by atoms with Crippen LogP contribution in [0.5, 0.6) is 0 Å². The lowest BCUT2D eigenvalue weighted by atomic mass is 10.1. The van der Waals surface area contributed by atoms with E-state index in [-0.39, 0.29) is 11.9 Å². The monoisotopic (exact) mass is 267 g/mol. The summed E-state index contributed by atoms with van der Waals surface area (Å²) < 4.78 is 19.0. The molecule has 0 radical (unpaired) electrons. The van der Waals surface area contributed by atoms with Crippen molar-refractivity contribution in [3.8, 4) is 11.3 Å². The first-order valence-electron chi connectivity index (χ1n) is 5.87. The third kappa shape index (κ3) is 2.74. The summed E-state index contributed by atoms with van der Waals surface area (Å²) in [6, 6.07) is 8.28. The van der Waals surface area contributed by atoms with E-state index < -0.39 is 0 Å². The summed E-state index contributed by atoms with van der Waals surface area (Å²) >= 11 is 5.83. The minimum atomic E-state index is -0.365. The number of halogens is 2. The van der Waals surface area contributed by atoms with Crippen molar-refractivity contribution >= 4 is 11.6 Å². The fraction of sp³-hybridized carbons (Fsp3) is 0.286. The number of nitrogens with one attached hydrogen (secondary N) is 1. The van der Waals surface area contributed by atoms with E-state index in [1.54, 1.807) is 6.07 Å². The van der Waals surface area contributed by atoms with Gasteiger partial charge in [-0.15, -0.1) is 0 Å². The van der Waals surface area contributed by atoms with Gasteiger partial charge in [0.25, 0.3) is 0 Å². The Bertz CT molecular complexity index is 514. The number of rotatable bonds is 4. The van der Waals surface area contributed by atoms with Crippen LogP contribution >= 0.6 is 11.6 Å². The Morgan fingerprint density at radius 2 is 2.11 bits per heavy atom. The van der Waals surface area contributed by atoms with Gasteiger partial charge < -0.3 is 9.73 Å². The molecule has 4 heteroatoms. The summed E-state index contributed by atoms with van der Waals surface area (Å²) in [7, 11) is 1.88. The van der Waals surface area contributed by atoms with Gasteiger partial charge in [-0.1, -0.05) is 18.5 Å². The third-order valence-corrected chi connectivity index (χ3v) is 3.09. The Morgan fingerprint density at radius 1 is 1.33 bits per heavy atom. The largest absolute Gasteiger partial charge is 0.459 e. The van der Waals surface area contributed by atoms with Crippen LogP contribution in [0.25, 0.3) is 11.3 Å². The highest BCUT2D eigenvalue weighted by Gasteiger charge is 2.13. The van der Waals surface area contributed by atoms with Crippen LogP contribution in [-0.4, -0.2) is 7.05 Å². The van der Waals surface area contributed by atoms with Crippen LogP contribution in [-0.2, 0) is 0 Å². The molecule has 1 N–H and O–H groups in total. The molecule has 1 atom stereocenters. The molecule has 1 aromatic carbocycles. The first kappa shape index (κ1) is 13.1. The van der Waals surface area contributed by atoms with E-state index in [1.165, 1.54) is 12.1 Å². The molecule has 0 aliphatic carbocycles. The zero-order chi connectivity index (χ0) is 13.1. The van der Waals surface area contributed by atoms with E-state index in [4.69, 9.17) is 16.0 Å². The summed E-state index contributed by atoms with van der Waals surface area (Å²) in [5.41, 5.74) is 0.650. The van der Waals surface area contributed by atoms with Gasteiger partial charge in [-0.05, 0) is 43.8 Å². The number of furan rings is 1. The van der Waals surface area contributed by atoms with Gasteiger partial charge in [-0.2, -0.15) is 0 Å². The second-order valence-electron chi connectivity index (χ2n) is 4.11. The molecule has 0 spiro atoms. The van der Waals surface area contributed by atoms with E-state index in [9.17, 15) is 4.39 Å². The first-order chi connectivity index (χ1) is 8.63. The molecule has 0 saturated carbocycles. The number of hydrogen-bond donors (Lipinski definition) is 1. The van der Waals surface area contributed by atoms with Crippen LogP contribution in [0.3, 0.4) is 0 Å². The van der Waals surface area contributed by atoms with Crippen molar-refractivity contribution in [1.82, 2.24) is 5.32 Å². The number of benzene rings is 1. The Morgan fingerprint density at radius 3 is 2.72 bits per heavy atom. The molecule has 1 unspecified atom stereocenters. The van der Waals surface area contributed by atoms with E-state index in [2.05, 4.69) is 12.2 Å². The van der Waals surface area contributed by atoms with Crippen molar-refractivity contribution in [3.63, 3.8) is 0 Å². The molecule has 2 aromatic rings. The highest BCUT2D eigenvalue weighted by molar-refractivity contribution is 6.30. The van der Waals surface area contributed by atoms with E-state index in [0.29, 0.717) is 16.3 Å². The lowest BCUT2D eigenvalue weighted by Gasteiger charge is -2.09. The van der Waals surface area contributed by atoms with Gasteiger partial charge in [-0.3, -0.25) is 0 Å². The standard InChI is InChI=1S/C14H15ClFNO/c1-3-12(17-2)14-5-4-13(18-14)9-6-10(15)8-11(16)7-9/h4-8,12,17H,3H2,1-2H3. The predicted octanol–water partition coefficient (Wildman–Crippen LogP) is 4.41. The summed E-state index contributed by atoms with van der Waals surface area (Å²) in [6.45, 7) is 2.07. The van der Waals surface area contributed by atoms with Gasteiger partial charge in [0.2, 0.25) is 0 Å². The topological polar surface area (TPSA) is 25.2 Å². The van der Waals surface area contributed by atoms with Crippen molar-refractivity contribution in [3.05, 3.63) is 46.9 Å². The van der Waals surface area contributed by atoms with E-state index in [1.807, 2.05) is 19.2 Å². The maximum absolute atomic E-state index is 13.3. The second kappa shape index (κ2) is 5.55. The summed E-state index contributed by atoms with van der Waals surface area (Å²) in [4.78, 5) is 0. The van der Waals surface area contributed by atoms with Gasteiger partial charge in [-0.25, -0.2) is 4.39 Å². The van der Waals surface area contributed by atoms with Crippen LogP contribution in [0.1, 0.15) is 25.1 Å². The fourth-order valence-corrected chi connectivity index (χ4v) is 2.16. The lowest BCUT2D eigenvalue weighted by molar-refractivity contribution is 0.431. The molecule has 1 aromatic heterocycles. The second-order valence-corrected chi connectivity index (χ2v) is 4.55. The Balaban J connectivity index is 2.34. The average molecular weight is 268 g/mol. The SMILES string of the molecule is CCC(NC)c1ccc(-c2cc(F)cc(Cl)c2)o1. The molecule has 1 heterocycles. The van der Waals surface area contributed by atoms with Crippen LogP contribution in [0, 0.1) is 5.82 Å². The summed E-state index contributed by atoms with van der Waals surface area (Å²) in [5, 5.41) is 3.53. The maximum Gasteiger partial charge on any atom is 0.134 e. The van der Waals surface area contributed by atoms with E-state index >= 15 is 0 Å². The zero-order valence-electron chi connectivity index (χ0n) is 10.3. The van der Waals surface area contributed by atoms with Crippen molar-refractivity contribution in [1.29, 1.82) is 0 Å². The van der Waals surface area contributed by atoms with Crippen molar-refractivity contribution in [2.75, 3.05) is 7.05 Å². The molecule has 0 aliphatic rings. The molecule has 18 heavy (non-hydrogen) atoms. The zero-order valence-corrected chi connectivity index (χ0v) is 11.1. The molecule has 96 valence electrons. The Hall–Kier alpha value is -1.32. The van der Waals surface area contributed by atoms with Gasteiger partial charge in [0.05, 0.1) is 6.04 Å². The summed E-state index contributed by atoms with van der Waals surface area (Å²) in [5.74, 6) is 1.10. The molecule has 2 nitrogen and oxygen atoms in total. The van der Waals surface area contributed by atoms with Gasteiger partial charge in [0.15, 0.2) is 0 Å². The molecule has 0 aliphatic heterocycles. The van der Waals surface area contributed by atoms with E-state index in [0.717, 1.165) is 12.2 Å². The van der Waals surface area contributed by atoms with Crippen LogP contribution in [0.2, 0.25) is 5.02 Å². The van der Waals surface area contributed by atoms with Gasteiger partial charge >= 0.3 is 0 Å². The van der Waals surface area contributed by atoms with Crippen molar-refractivity contribution in [2.45, 2.75) is 19.4 Å². The minimum Gasteiger partial charge on any atom is -0.459 e. The van der Waals surface area contributed by atoms with Crippen molar-refractivity contribution < 1.29 is 8.81 Å². The van der Waals surface area contributed by atoms with Gasteiger partial charge in [0, 0.05) is 10.6 Å². The normalized spacial score (nSPS) is 12.7. The molecular weight excluding hydrogens is 253 g/mol. The minimum absolute atomic E-state index is 0.169. The first-order valence-corrected chi connectivity index (χ1v) is 6.25. The van der Waals surface area contributed by atoms with Crippen molar-refractivity contribution in [2.24, 2.45) is 0 Å². The maximum atomic E-state index is 13.3. The third-order valence-electron chi connectivity index (χ3n) is 2.87. The highest BCUT2D eigenvalue weighted by Crippen LogP contribution is 2.28. The molecule has 0 bridgehead atoms. The highest BCUT2D eigenvalue weighted by atomic mass is 35.5. The molecule has 2 rings (SSSR count). The Labute approximate surface area is 111 Å². The molecule has 0 fully saturated rings. The average Bonchev–Trinajstić information content (AvgIpc) is 2.79. The molecule has 0 saturated heterocycles. The smallest absolute Gasteiger partial charge is 0.134 e. The summed E-state index contributed by atoms with van der Waals surface area (Å²) in [6.07, 6.45) is 0.924. The van der Waals surface area contributed by atoms with Gasteiger partial charge in [0.1, 0.15) is 17.3 Å². The van der Waals surface area contributed by atoms with Crippen LogP contribution < -0.4 is 5.32 Å². The lowest BCUT2D eigenvalue weighted by Crippen LogP contribution is -2.14. The Kier molecular flexibility index (Phi) is 4.04. The fourth-order valence-electron chi connectivity index (χ4n) is 1.94. The molecular formula is C14H15ClFNO.